The van der Waals surface area contributed by atoms with Gasteiger partial charge in [0.1, 0.15) is 6.10 Å². The summed E-state index contributed by atoms with van der Waals surface area (Å²) in [5.41, 5.74) is 0. The van der Waals surface area contributed by atoms with E-state index in [0.717, 1.165) is 6.42 Å². The smallest absolute Gasteiger partial charge is 0.259 e. The summed E-state index contributed by atoms with van der Waals surface area (Å²) in [6.45, 7) is 11.5. The van der Waals surface area contributed by atoms with Crippen molar-refractivity contribution in [2.75, 3.05) is 20.3 Å². The van der Waals surface area contributed by atoms with Crippen molar-refractivity contribution >= 4 is 8.53 Å². The van der Waals surface area contributed by atoms with Gasteiger partial charge in [0.05, 0.1) is 37.9 Å². The van der Waals surface area contributed by atoms with Crippen LogP contribution >= 0.6 is 8.53 Å². The van der Waals surface area contributed by atoms with Crippen LogP contribution in [0.15, 0.2) is 0 Å². The first-order chi connectivity index (χ1) is 10.9. The van der Waals surface area contributed by atoms with E-state index in [1.165, 1.54) is 0 Å². The molecule has 0 bridgehead atoms. The molecular weight excluding hydrogens is 315 g/mol. The van der Waals surface area contributed by atoms with E-state index in [1.807, 2.05) is 6.92 Å². The standard InChI is InChI=1S/C16H31N2O4P/c1-12(2)18(13(3)4)23(20-9-7-8-17)22-15-10-14(5)21-16(15)11-19-6/h12-16H,7,9-11H2,1-6H3/t14-,15?,16+,23?/m0/s1. The third-order valence-corrected chi connectivity index (χ3v) is 5.76. The predicted octanol–water partition coefficient (Wildman–Crippen LogP) is 3.47. The Morgan fingerprint density at radius 2 is 1.96 bits per heavy atom. The first-order valence-electron chi connectivity index (χ1n) is 8.30. The molecule has 1 rings (SSSR count). The molecule has 0 aromatic carbocycles. The van der Waals surface area contributed by atoms with E-state index in [9.17, 15) is 0 Å². The number of hydrogen-bond donors (Lipinski definition) is 0. The average molecular weight is 346 g/mol. The van der Waals surface area contributed by atoms with Crippen molar-refractivity contribution in [3.8, 4) is 6.07 Å². The third-order valence-electron chi connectivity index (χ3n) is 3.60. The summed E-state index contributed by atoms with van der Waals surface area (Å²) >= 11 is 0. The molecular formula is C16H31N2O4P. The van der Waals surface area contributed by atoms with Gasteiger partial charge in [0.25, 0.3) is 8.53 Å². The van der Waals surface area contributed by atoms with Gasteiger partial charge in [0.15, 0.2) is 0 Å². The number of nitriles is 1. The van der Waals surface area contributed by atoms with E-state index in [0.29, 0.717) is 31.7 Å². The number of rotatable bonds is 10. The van der Waals surface area contributed by atoms with Crippen LogP contribution in [0, 0.1) is 11.3 Å². The zero-order valence-corrected chi connectivity index (χ0v) is 16.1. The quantitative estimate of drug-likeness (QED) is 0.446. The van der Waals surface area contributed by atoms with E-state index >= 15 is 0 Å². The zero-order chi connectivity index (χ0) is 17.4. The minimum Gasteiger partial charge on any atom is -0.382 e. The van der Waals surface area contributed by atoms with Crippen LogP contribution in [-0.4, -0.2) is 55.4 Å². The van der Waals surface area contributed by atoms with Gasteiger partial charge in [0, 0.05) is 25.6 Å². The Morgan fingerprint density at radius 3 is 2.48 bits per heavy atom. The molecule has 1 heterocycles. The first-order valence-corrected chi connectivity index (χ1v) is 9.43. The monoisotopic (exact) mass is 346 g/mol. The summed E-state index contributed by atoms with van der Waals surface area (Å²) in [6.07, 6.45) is 1.24. The second-order valence-corrected chi connectivity index (χ2v) is 7.77. The lowest BCUT2D eigenvalue weighted by atomic mass is 10.1. The van der Waals surface area contributed by atoms with Gasteiger partial charge in [-0.3, -0.25) is 0 Å². The van der Waals surface area contributed by atoms with Crippen LogP contribution in [0.3, 0.4) is 0 Å². The summed E-state index contributed by atoms with van der Waals surface area (Å²) in [6, 6.07) is 2.71. The number of nitrogens with zero attached hydrogens (tertiary/aromatic N) is 2. The highest BCUT2D eigenvalue weighted by Gasteiger charge is 2.38. The second-order valence-electron chi connectivity index (χ2n) is 6.37. The molecule has 0 saturated carbocycles. The molecule has 6 nitrogen and oxygen atoms in total. The maximum absolute atomic E-state index is 8.75. The molecule has 0 aliphatic carbocycles. The van der Waals surface area contributed by atoms with Gasteiger partial charge in [-0.1, -0.05) is 0 Å². The van der Waals surface area contributed by atoms with Gasteiger partial charge >= 0.3 is 0 Å². The van der Waals surface area contributed by atoms with Gasteiger partial charge in [0.2, 0.25) is 0 Å². The average Bonchev–Trinajstić information content (AvgIpc) is 2.78. The minimum atomic E-state index is -1.24. The SMILES string of the molecule is COC[C@H]1O[C@@H](C)CC1OP(OCCC#N)N(C(C)C)C(C)C. The van der Waals surface area contributed by atoms with Crippen molar-refractivity contribution in [3.63, 3.8) is 0 Å². The van der Waals surface area contributed by atoms with Crippen molar-refractivity contribution in [3.05, 3.63) is 0 Å². The fourth-order valence-electron chi connectivity index (χ4n) is 2.75. The molecule has 0 spiro atoms. The molecule has 134 valence electrons. The Bertz CT molecular complexity index is 368. The molecule has 1 aliphatic rings. The topological polar surface area (TPSA) is 64.0 Å². The largest absolute Gasteiger partial charge is 0.382 e. The summed E-state index contributed by atoms with van der Waals surface area (Å²) in [5, 5.41) is 8.75. The van der Waals surface area contributed by atoms with Crippen LogP contribution in [0.1, 0.15) is 47.5 Å². The van der Waals surface area contributed by atoms with Crippen molar-refractivity contribution in [2.45, 2.75) is 77.9 Å². The maximum Gasteiger partial charge on any atom is 0.259 e. The number of ether oxygens (including phenoxy) is 2. The molecule has 2 unspecified atom stereocenters. The van der Waals surface area contributed by atoms with Crippen LogP contribution in [0.25, 0.3) is 0 Å². The van der Waals surface area contributed by atoms with Gasteiger partial charge in [-0.15, -0.1) is 0 Å². The van der Waals surface area contributed by atoms with E-state index in [-0.39, 0.29) is 18.3 Å². The van der Waals surface area contributed by atoms with Gasteiger partial charge in [-0.2, -0.15) is 5.26 Å². The Hall–Kier alpha value is -0.280. The molecule has 1 saturated heterocycles. The van der Waals surface area contributed by atoms with Crippen LogP contribution in [0.2, 0.25) is 0 Å². The van der Waals surface area contributed by atoms with Crippen LogP contribution in [-0.2, 0) is 18.5 Å². The molecule has 7 heteroatoms. The lowest BCUT2D eigenvalue weighted by Gasteiger charge is -2.37. The first kappa shape index (κ1) is 20.8. The van der Waals surface area contributed by atoms with E-state index in [2.05, 4.69) is 38.4 Å². The Labute approximate surface area is 142 Å². The van der Waals surface area contributed by atoms with Crippen LogP contribution in [0.4, 0.5) is 0 Å². The second kappa shape index (κ2) is 10.6. The third kappa shape index (κ3) is 6.62. The summed E-state index contributed by atoms with van der Waals surface area (Å²) in [7, 11) is 0.435. The van der Waals surface area contributed by atoms with Crippen LogP contribution in [0.5, 0.6) is 0 Å². The van der Waals surface area contributed by atoms with Gasteiger partial charge in [-0.25, -0.2) is 4.67 Å². The van der Waals surface area contributed by atoms with E-state index < -0.39 is 8.53 Å². The minimum absolute atomic E-state index is 0.0434. The molecule has 0 amide bonds. The Morgan fingerprint density at radius 1 is 1.30 bits per heavy atom. The molecule has 1 fully saturated rings. The molecule has 0 aromatic heterocycles. The number of methoxy groups -OCH3 is 1. The molecule has 1 aliphatic heterocycles. The molecule has 0 aromatic rings. The van der Waals surface area contributed by atoms with E-state index in [4.69, 9.17) is 23.8 Å². The van der Waals surface area contributed by atoms with Crippen molar-refractivity contribution in [1.82, 2.24) is 4.67 Å². The fraction of sp³-hybridized carbons (Fsp3) is 0.938. The van der Waals surface area contributed by atoms with Gasteiger partial charge in [-0.05, 0) is 34.6 Å². The van der Waals surface area contributed by atoms with Gasteiger partial charge < -0.3 is 18.5 Å². The maximum atomic E-state index is 8.75. The highest BCUT2D eigenvalue weighted by Crippen LogP contribution is 2.49. The van der Waals surface area contributed by atoms with Crippen molar-refractivity contribution < 1.29 is 18.5 Å². The highest BCUT2D eigenvalue weighted by molar-refractivity contribution is 7.44. The zero-order valence-electron chi connectivity index (χ0n) is 15.2. The Kier molecular flexibility index (Phi) is 9.53. The molecule has 23 heavy (non-hydrogen) atoms. The molecule has 0 N–H and O–H groups in total. The summed E-state index contributed by atoms with van der Waals surface area (Å²) in [5.74, 6) is 0. The van der Waals surface area contributed by atoms with Crippen molar-refractivity contribution in [2.24, 2.45) is 0 Å². The fourth-order valence-corrected chi connectivity index (χ4v) is 4.51. The summed E-state index contributed by atoms with van der Waals surface area (Å²) in [4.78, 5) is 0. The normalized spacial score (nSPS) is 26.2. The lowest BCUT2D eigenvalue weighted by Crippen LogP contribution is -2.36. The van der Waals surface area contributed by atoms with Crippen LogP contribution < -0.4 is 0 Å². The lowest BCUT2D eigenvalue weighted by molar-refractivity contribution is -0.0262. The molecule has 0 radical (unpaired) electrons. The number of hydrogen-bond acceptors (Lipinski definition) is 6. The highest BCUT2D eigenvalue weighted by atomic mass is 31.2. The van der Waals surface area contributed by atoms with E-state index in [1.54, 1.807) is 7.11 Å². The molecule has 4 atom stereocenters. The summed E-state index contributed by atoms with van der Waals surface area (Å²) < 4.78 is 25.6. The predicted molar refractivity (Wildman–Crippen MR) is 90.9 cm³/mol. The Balaban J connectivity index is 2.80. The van der Waals surface area contributed by atoms with Crippen molar-refractivity contribution in [1.29, 1.82) is 5.26 Å².